The Balaban J connectivity index is 2.01. The van der Waals surface area contributed by atoms with Gasteiger partial charge in [-0.2, -0.15) is 4.31 Å². The maximum Gasteiger partial charge on any atom is 0.275 e. The van der Waals surface area contributed by atoms with Gasteiger partial charge in [-0.25, -0.2) is 8.42 Å². The van der Waals surface area contributed by atoms with Crippen LogP contribution in [-0.2, 0) is 22.9 Å². The van der Waals surface area contributed by atoms with Crippen LogP contribution in [0.4, 0.5) is 5.69 Å². The van der Waals surface area contributed by atoms with Gasteiger partial charge in [-0.05, 0) is 61.2 Å². The fraction of sp³-hybridized carbons (Fsp3) is 0.217. The number of nitro benzene ring substituents is 1. The van der Waals surface area contributed by atoms with Crippen LogP contribution >= 0.6 is 43.5 Å². The Kier molecular flexibility index (Phi) is 8.34. The quantitative estimate of drug-likeness (QED) is 0.212. The van der Waals surface area contributed by atoms with Crippen molar-refractivity contribution in [1.82, 2.24) is 4.31 Å². The van der Waals surface area contributed by atoms with Crippen molar-refractivity contribution >= 4 is 59.2 Å². The molecule has 0 aliphatic carbocycles. The SMILES string of the molecule is Cc1c(Cl)cc(S(=O)(=O)N(C)C(Cc2ccc(Br)cc2)Cc2ccc(Br)cc2)cc1[N+](=O)[O-]. The van der Waals surface area contributed by atoms with Gasteiger partial charge in [0, 0.05) is 33.7 Å². The van der Waals surface area contributed by atoms with Crippen LogP contribution in [0.25, 0.3) is 0 Å². The lowest BCUT2D eigenvalue weighted by molar-refractivity contribution is -0.385. The monoisotopic (exact) mass is 614 g/mol. The summed E-state index contributed by atoms with van der Waals surface area (Å²) in [5, 5.41) is 11.5. The number of halogens is 3. The first-order valence-corrected chi connectivity index (χ1v) is 13.3. The second-order valence-electron chi connectivity index (χ2n) is 7.64. The largest absolute Gasteiger partial charge is 0.275 e. The van der Waals surface area contributed by atoms with Gasteiger partial charge in [0.05, 0.1) is 14.8 Å². The zero-order valence-electron chi connectivity index (χ0n) is 17.8. The van der Waals surface area contributed by atoms with E-state index in [-0.39, 0.29) is 21.2 Å². The number of hydrogen-bond acceptors (Lipinski definition) is 4. The van der Waals surface area contributed by atoms with Crippen LogP contribution in [0.1, 0.15) is 16.7 Å². The van der Waals surface area contributed by atoms with Crippen molar-refractivity contribution in [1.29, 1.82) is 0 Å². The molecule has 0 N–H and O–H groups in total. The van der Waals surface area contributed by atoms with Crippen LogP contribution in [0, 0.1) is 17.0 Å². The van der Waals surface area contributed by atoms with E-state index >= 15 is 0 Å². The zero-order chi connectivity index (χ0) is 24.3. The number of sulfonamides is 1. The number of nitrogens with zero attached hydrogens (tertiary/aromatic N) is 2. The summed E-state index contributed by atoms with van der Waals surface area (Å²) < 4.78 is 30.2. The Morgan fingerprint density at radius 2 is 1.42 bits per heavy atom. The Morgan fingerprint density at radius 3 is 1.85 bits per heavy atom. The lowest BCUT2D eigenvalue weighted by Crippen LogP contribution is -2.40. The Morgan fingerprint density at radius 1 is 0.970 bits per heavy atom. The van der Waals surface area contributed by atoms with Crippen LogP contribution in [-0.4, -0.2) is 30.7 Å². The van der Waals surface area contributed by atoms with Gasteiger partial charge in [-0.15, -0.1) is 0 Å². The molecule has 0 atom stereocenters. The smallest absolute Gasteiger partial charge is 0.258 e. The fourth-order valence-electron chi connectivity index (χ4n) is 3.46. The molecule has 0 amide bonds. The molecule has 174 valence electrons. The minimum atomic E-state index is -4.06. The lowest BCUT2D eigenvalue weighted by Gasteiger charge is -2.28. The summed E-state index contributed by atoms with van der Waals surface area (Å²) in [5.74, 6) is 0. The predicted octanol–water partition coefficient (Wildman–Crippen LogP) is 6.56. The molecule has 3 aromatic carbocycles. The normalized spacial score (nSPS) is 11.8. The van der Waals surface area contributed by atoms with Crippen molar-refractivity contribution in [2.75, 3.05) is 7.05 Å². The van der Waals surface area contributed by atoms with Crippen molar-refractivity contribution in [2.24, 2.45) is 0 Å². The molecule has 3 rings (SSSR count). The van der Waals surface area contributed by atoms with Crippen LogP contribution in [0.2, 0.25) is 5.02 Å². The van der Waals surface area contributed by atoms with Crippen molar-refractivity contribution < 1.29 is 13.3 Å². The van der Waals surface area contributed by atoms with Crippen molar-refractivity contribution in [3.8, 4) is 0 Å². The first-order valence-electron chi connectivity index (χ1n) is 9.90. The molecular formula is C23H21Br2ClN2O4S. The number of hydrogen-bond donors (Lipinski definition) is 0. The molecule has 0 unspecified atom stereocenters. The molecule has 0 saturated carbocycles. The minimum Gasteiger partial charge on any atom is -0.258 e. The molecule has 0 aliphatic heterocycles. The van der Waals surface area contributed by atoms with Gasteiger partial charge in [-0.1, -0.05) is 67.7 Å². The topological polar surface area (TPSA) is 80.5 Å². The summed E-state index contributed by atoms with van der Waals surface area (Å²) in [7, 11) is -2.57. The Hall–Kier alpha value is -1.78. The first-order chi connectivity index (χ1) is 15.5. The lowest BCUT2D eigenvalue weighted by atomic mass is 9.99. The van der Waals surface area contributed by atoms with Crippen LogP contribution < -0.4 is 0 Å². The molecule has 0 spiro atoms. The summed E-state index contributed by atoms with van der Waals surface area (Å²) in [4.78, 5) is 10.6. The second-order valence-corrected chi connectivity index (χ2v) is 11.9. The number of nitro groups is 1. The number of rotatable bonds is 8. The summed E-state index contributed by atoms with van der Waals surface area (Å²) in [6, 6.07) is 17.3. The average molecular weight is 617 g/mol. The molecule has 0 aromatic heterocycles. The van der Waals surface area contributed by atoms with Crippen molar-refractivity contribution in [3.05, 3.63) is 101 Å². The van der Waals surface area contributed by atoms with E-state index in [2.05, 4.69) is 31.9 Å². The highest BCUT2D eigenvalue weighted by molar-refractivity contribution is 9.10. The van der Waals surface area contributed by atoms with E-state index in [4.69, 9.17) is 11.6 Å². The third kappa shape index (κ3) is 6.22. The Labute approximate surface area is 215 Å². The molecular weight excluding hydrogens is 596 g/mol. The van der Waals surface area contributed by atoms with Gasteiger partial charge in [0.1, 0.15) is 0 Å². The summed E-state index contributed by atoms with van der Waals surface area (Å²) in [5.41, 5.74) is 1.84. The van der Waals surface area contributed by atoms with Crippen molar-refractivity contribution in [2.45, 2.75) is 30.7 Å². The molecule has 0 heterocycles. The second kappa shape index (κ2) is 10.7. The summed E-state index contributed by atoms with van der Waals surface area (Å²) in [6.07, 6.45) is 0.918. The molecule has 3 aromatic rings. The van der Waals surface area contributed by atoms with Gasteiger partial charge >= 0.3 is 0 Å². The van der Waals surface area contributed by atoms with Gasteiger partial charge in [0.2, 0.25) is 10.0 Å². The minimum absolute atomic E-state index is 0.0357. The summed E-state index contributed by atoms with van der Waals surface area (Å²) >= 11 is 13.0. The molecule has 33 heavy (non-hydrogen) atoms. The molecule has 0 saturated heterocycles. The molecule has 0 bridgehead atoms. The van der Waals surface area contributed by atoms with Crippen LogP contribution in [0.5, 0.6) is 0 Å². The first kappa shape index (κ1) is 25.8. The highest BCUT2D eigenvalue weighted by atomic mass is 79.9. The van der Waals surface area contributed by atoms with Gasteiger partial charge < -0.3 is 0 Å². The van der Waals surface area contributed by atoms with E-state index in [0.717, 1.165) is 26.1 Å². The van der Waals surface area contributed by atoms with Crippen LogP contribution in [0.3, 0.4) is 0 Å². The van der Waals surface area contributed by atoms with Crippen molar-refractivity contribution in [3.63, 3.8) is 0 Å². The Bertz CT molecular complexity index is 1220. The average Bonchev–Trinajstić information content (AvgIpc) is 2.77. The number of benzene rings is 3. The van der Waals surface area contributed by atoms with E-state index in [1.54, 1.807) is 0 Å². The van der Waals surface area contributed by atoms with E-state index < -0.39 is 21.0 Å². The molecule has 10 heteroatoms. The maximum atomic E-state index is 13.5. The highest BCUT2D eigenvalue weighted by Gasteiger charge is 2.31. The van der Waals surface area contributed by atoms with E-state index in [0.29, 0.717) is 12.8 Å². The van der Waals surface area contributed by atoms with E-state index in [1.807, 2.05) is 48.5 Å². The third-order valence-electron chi connectivity index (χ3n) is 5.45. The standard InChI is InChI=1S/C23H21Br2ClN2O4S/c1-15-22(26)13-21(14-23(15)28(29)30)33(31,32)27(2)20(11-16-3-7-18(24)8-4-16)12-17-5-9-19(25)10-6-17/h3-10,13-14,20H,11-12H2,1-2H3. The summed E-state index contributed by atoms with van der Waals surface area (Å²) in [6.45, 7) is 1.49. The molecule has 0 radical (unpaired) electrons. The molecule has 6 nitrogen and oxygen atoms in total. The maximum absolute atomic E-state index is 13.5. The molecule has 0 aliphatic rings. The zero-order valence-corrected chi connectivity index (χ0v) is 22.6. The van der Waals surface area contributed by atoms with E-state index in [9.17, 15) is 18.5 Å². The van der Waals surface area contributed by atoms with Gasteiger partial charge in [0.15, 0.2) is 0 Å². The van der Waals surface area contributed by atoms with Gasteiger partial charge in [-0.3, -0.25) is 10.1 Å². The van der Waals surface area contributed by atoms with E-state index in [1.165, 1.54) is 24.3 Å². The third-order valence-corrected chi connectivity index (χ3v) is 8.79. The van der Waals surface area contributed by atoms with Gasteiger partial charge in [0.25, 0.3) is 5.69 Å². The highest BCUT2D eigenvalue weighted by Crippen LogP contribution is 2.32. The molecule has 0 fully saturated rings. The fourth-order valence-corrected chi connectivity index (χ4v) is 5.66. The predicted molar refractivity (Wildman–Crippen MR) is 137 cm³/mol. The number of likely N-dealkylation sites (N-methyl/N-ethyl adjacent to an activating group) is 1. The van der Waals surface area contributed by atoms with Crippen LogP contribution in [0.15, 0.2) is 74.5 Å².